The van der Waals surface area contributed by atoms with Crippen molar-refractivity contribution < 1.29 is 23.1 Å². The molecule has 0 aliphatic carbocycles. The molecule has 0 aliphatic rings. The number of rotatable bonds is 5. The number of aliphatic hydroxyl groups excluding tert-OH is 1. The van der Waals surface area contributed by atoms with Crippen molar-refractivity contribution in [2.24, 2.45) is 0 Å². The Bertz CT molecular complexity index is 461. The quantitative estimate of drug-likeness (QED) is 0.818. The lowest BCUT2D eigenvalue weighted by molar-refractivity contribution is -0.137. The molecular weight excluding hydrogens is 293 g/mol. The molecule has 0 fully saturated rings. The van der Waals surface area contributed by atoms with Gasteiger partial charge in [-0.2, -0.15) is 13.2 Å². The first-order valence-electron chi connectivity index (χ1n) is 5.72. The van der Waals surface area contributed by atoms with Crippen LogP contribution in [-0.4, -0.2) is 33.9 Å². The highest BCUT2D eigenvalue weighted by atomic mass is 32.2. The molecule has 0 saturated heterocycles. The lowest BCUT2D eigenvalue weighted by Crippen LogP contribution is -2.47. The molecule has 20 heavy (non-hydrogen) atoms. The summed E-state index contributed by atoms with van der Waals surface area (Å²) in [6.07, 6.45) is -3.68. The summed E-state index contributed by atoms with van der Waals surface area (Å²) in [7, 11) is 0. The third-order valence-electron chi connectivity index (χ3n) is 2.29. The van der Waals surface area contributed by atoms with E-state index < -0.39 is 17.3 Å². The predicted molar refractivity (Wildman–Crippen MR) is 69.3 cm³/mol. The average molecular weight is 308 g/mol. The number of thioether (sulfide) groups is 1. The van der Waals surface area contributed by atoms with Crippen molar-refractivity contribution in [2.75, 3.05) is 12.4 Å². The summed E-state index contributed by atoms with van der Waals surface area (Å²) < 4.78 is 37.0. The summed E-state index contributed by atoms with van der Waals surface area (Å²) >= 11 is 1.03. The van der Waals surface area contributed by atoms with Crippen LogP contribution in [0.5, 0.6) is 0 Å². The maximum Gasteiger partial charge on any atom is 0.417 e. The van der Waals surface area contributed by atoms with E-state index in [4.69, 9.17) is 5.11 Å². The van der Waals surface area contributed by atoms with Gasteiger partial charge in [0.1, 0.15) is 0 Å². The SMILES string of the molecule is CC(C)(CO)NC(=O)CSc1ccc(C(F)(F)F)cn1. The fourth-order valence-electron chi connectivity index (χ4n) is 1.23. The van der Waals surface area contributed by atoms with Gasteiger partial charge in [-0.25, -0.2) is 4.98 Å². The Labute approximate surface area is 118 Å². The van der Waals surface area contributed by atoms with Crippen molar-refractivity contribution in [3.05, 3.63) is 23.9 Å². The molecule has 0 bridgehead atoms. The summed E-state index contributed by atoms with van der Waals surface area (Å²) in [5.41, 5.74) is -1.56. The Morgan fingerprint density at radius 1 is 1.40 bits per heavy atom. The molecule has 1 aromatic heterocycles. The summed E-state index contributed by atoms with van der Waals surface area (Å²) in [4.78, 5) is 15.2. The van der Waals surface area contributed by atoms with E-state index in [1.54, 1.807) is 13.8 Å². The Kier molecular flexibility index (Phi) is 5.41. The van der Waals surface area contributed by atoms with Crippen LogP contribution in [0.3, 0.4) is 0 Å². The van der Waals surface area contributed by atoms with Crippen LogP contribution in [0.25, 0.3) is 0 Å². The topological polar surface area (TPSA) is 62.2 Å². The van der Waals surface area contributed by atoms with Gasteiger partial charge < -0.3 is 10.4 Å². The van der Waals surface area contributed by atoms with E-state index in [1.807, 2.05) is 0 Å². The molecular formula is C12H15F3N2O2S. The third-order valence-corrected chi connectivity index (χ3v) is 3.23. The van der Waals surface area contributed by atoms with Crippen molar-refractivity contribution in [3.8, 4) is 0 Å². The Morgan fingerprint density at radius 3 is 2.50 bits per heavy atom. The van der Waals surface area contributed by atoms with Crippen molar-refractivity contribution in [2.45, 2.75) is 30.6 Å². The van der Waals surface area contributed by atoms with Crippen LogP contribution >= 0.6 is 11.8 Å². The second kappa shape index (κ2) is 6.45. The number of halogens is 3. The van der Waals surface area contributed by atoms with Gasteiger partial charge in [0.15, 0.2) is 0 Å². The van der Waals surface area contributed by atoms with Gasteiger partial charge in [0.05, 0.1) is 28.5 Å². The molecule has 8 heteroatoms. The van der Waals surface area contributed by atoms with Crippen LogP contribution < -0.4 is 5.32 Å². The number of amides is 1. The summed E-state index contributed by atoms with van der Waals surface area (Å²) in [6.45, 7) is 3.11. The number of aromatic nitrogens is 1. The molecule has 0 aliphatic heterocycles. The smallest absolute Gasteiger partial charge is 0.394 e. The van der Waals surface area contributed by atoms with E-state index in [9.17, 15) is 18.0 Å². The standard InChI is InChI=1S/C12H15F3N2O2S/c1-11(2,7-18)17-9(19)6-20-10-4-3-8(5-16-10)12(13,14)15/h3-5,18H,6-7H2,1-2H3,(H,17,19). The minimum atomic E-state index is -4.42. The van der Waals surface area contributed by atoms with Crippen LogP contribution in [-0.2, 0) is 11.0 Å². The second-order valence-corrected chi connectivity index (χ2v) is 5.76. The zero-order valence-electron chi connectivity index (χ0n) is 11.0. The average Bonchev–Trinajstić information content (AvgIpc) is 2.35. The van der Waals surface area contributed by atoms with E-state index in [-0.39, 0.29) is 18.3 Å². The predicted octanol–water partition coefficient (Wildman–Crippen LogP) is 2.08. The minimum absolute atomic E-state index is 0.0157. The Hall–Kier alpha value is -1.28. The van der Waals surface area contributed by atoms with Crippen LogP contribution in [0.2, 0.25) is 0 Å². The highest BCUT2D eigenvalue weighted by Crippen LogP contribution is 2.29. The van der Waals surface area contributed by atoms with Gasteiger partial charge in [-0.15, -0.1) is 0 Å². The first-order chi connectivity index (χ1) is 9.14. The first-order valence-corrected chi connectivity index (χ1v) is 6.70. The molecule has 0 unspecified atom stereocenters. The van der Waals surface area contributed by atoms with E-state index in [2.05, 4.69) is 10.3 Å². The summed E-state index contributed by atoms with van der Waals surface area (Å²) in [5.74, 6) is -0.308. The van der Waals surface area contributed by atoms with E-state index >= 15 is 0 Å². The zero-order valence-corrected chi connectivity index (χ0v) is 11.8. The number of aliphatic hydroxyl groups is 1. The highest BCUT2D eigenvalue weighted by Gasteiger charge is 2.30. The maximum absolute atomic E-state index is 12.3. The van der Waals surface area contributed by atoms with Crippen molar-refractivity contribution in [1.29, 1.82) is 0 Å². The molecule has 4 nitrogen and oxygen atoms in total. The number of nitrogens with zero attached hydrogens (tertiary/aromatic N) is 1. The van der Waals surface area contributed by atoms with Crippen molar-refractivity contribution >= 4 is 17.7 Å². The lowest BCUT2D eigenvalue weighted by atomic mass is 10.1. The van der Waals surface area contributed by atoms with Gasteiger partial charge in [0.2, 0.25) is 5.91 Å². The van der Waals surface area contributed by atoms with Crippen LogP contribution in [0.4, 0.5) is 13.2 Å². The Morgan fingerprint density at radius 2 is 2.05 bits per heavy atom. The second-order valence-electron chi connectivity index (χ2n) is 4.76. The highest BCUT2D eigenvalue weighted by molar-refractivity contribution is 7.99. The summed E-state index contributed by atoms with van der Waals surface area (Å²) in [5, 5.41) is 11.9. The molecule has 1 amide bonds. The molecule has 1 aromatic rings. The van der Waals surface area contributed by atoms with E-state index in [0.717, 1.165) is 24.0 Å². The van der Waals surface area contributed by atoms with Crippen molar-refractivity contribution in [3.63, 3.8) is 0 Å². The van der Waals surface area contributed by atoms with E-state index in [0.29, 0.717) is 5.03 Å². The molecule has 0 radical (unpaired) electrons. The van der Waals surface area contributed by atoms with Crippen molar-refractivity contribution in [1.82, 2.24) is 10.3 Å². The van der Waals surface area contributed by atoms with Gasteiger partial charge in [0, 0.05) is 6.20 Å². The molecule has 0 aromatic carbocycles. The van der Waals surface area contributed by atoms with Gasteiger partial charge in [-0.3, -0.25) is 4.79 Å². The third kappa shape index (κ3) is 5.38. The van der Waals surface area contributed by atoms with Gasteiger partial charge in [-0.1, -0.05) is 11.8 Å². The number of pyridine rings is 1. The number of carbonyl (C=O) groups excluding carboxylic acids is 1. The molecule has 1 heterocycles. The molecule has 0 atom stereocenters. The number of carbonyl (C=O) groups is 1. The van der Waals surface area contributed by atoms with Crippen LogP contribution in [0, 0.1) is 0 Å². The van der Waals surface area contributed by atoms with Crippen LogP contribution in [0.1, 0.15) is 19.4 Å². The molecule has 112 valence electrons. The number of hydrogen-bond acceptors (Lipinski definition) is 4. The minimum Gasteiger partial charge on any atom is -0.394 e. The van der Waals surface area contributed by atoms with Gasteiger partial charge in [-0.05, 0) is 26.0 Å². The molecule has 0 saturated carbocycles. The largest absolute Gasteiger partial charge is 0.417 e. The zero-order chi connectivity index (χ0) is 15.4. The van der Waals surface area contributed by atoms with Crippen LogP contribution in [0.15, 0.2) is 23.4 Å². The van der Waals surface area contributed by atoms with E-state index in [1.165, 1.54) is 6.07 Å². The number of hydrogen-bond donors (Lipinski definition) is 2. The number of nitrogens with one attached hydrogen (secondary N) is 1. The first kappa shape index (κ1) is 16.8. The monoisotopic (exact) mass is 308 g/mol. The molecule has 0 spiro atoms. The Balaban J connectivity index is 2.52. The van der Waals surface area contributed by atoms with Gasteiger partial charge in [0.25, 0.3) is 0 Å². The number of alkyl halides is 3. The summed E-state index contributed by atoms with van der Waals surface area (Å²) in [6, 6.07) is 2.14. The molecule has 2 N–H and O–H groups in total. The fraction of sp³-hybridized carbons (Fsp3) is 0.500. The van der Waals surface area contributed by atoms with Gasteiger partial charge >= 0.3 is 6.18 Å². The lowest BCUT2D eigenvalue weighted by Gasteiger charge is -2.23. The fourth-order valence-corrected chi connectivity index (χ4v) is 1.87. The normalized spacial score (nSPS) is 12.3. The molecule has 1 rings (SSSR count). The maximum atomic E-state index is 12.3.